The van der Waals surface area contributed by atoms with Gasteiger partial charge in [-0.1, -0.05) is 12.1 Å². The van der Waals surface area contributed by atoms with E-state index in [1.54, 1.807) is 29.9 Å². The van der Waals surface area contributed by atoms with Crippen LogP contribution in [0.5, 0.6) is 0 Å². The average molecular weight is 437 g/mol. The number of nitrogens with zero attached hydrogens (tertiary/aromatic N) is 4. The second-order valence-corrected chi connectivity index (χ2v) is 8.66. The van der Waals surface area contributed by atoms with E-state index in [0.717, 1.165) is 43.0 Å². The molecule has 0 spiro atoms. The van der Waals surface area contributed by atoms with Crippen molar-refractivity contribution in [3.05, 3.63) is 82.6 Å². The molecule has 6 aromatic rings. The number of hydrogen-bond acceptors (Lipinski definition) is 6. The van der Waals surface area contributed by atoms with Gasteiger partial charge >= 0.3 is 0 Å². The maximum atomic E-state index is 12.7. The number of fused-ring (bicyclic) bond motifs is 2. The van der Waals surface area contributed by atoms with Crippen LogP contribution in [-0.4, -0.2) is 29.9 Å². The van der Waals surface area contributed by atoms with Gasteiger partial charge in [-0.25, -0.2) is 15.0 Å². The lowest BCUT2D eigenvalue weighted by Crippen LogP contribution is -2.10. The lowest BCUT2D eigenvalue weighted by Gasteiger charge is -2.11. The first kappa shape index (κ1) is 18.6. The van der Waals surface area contributed by atoms with Gasteiger partial charge in [-0.05, 0) is 42.8 Å². The number of pyridine rings is 3. The second kappa shape index (κ2) is 7.21. The normalized spacial score (nSPS) is 11.4. The SMILES string of the molecule is Cc1ncc(-c2nc3[nH]c(=O)c(-c4ncc[nH]4)cc3cc2-c2ccc3ncccc3c2)s1. The molecule has 0 atom stereocenters. The van der Waals surface area contributed by atoms with Gasteiger partial charge in [0.25, 0.3) is 5.56 Å². The van der Waals surface area contributed by atoms with Gasteiger partial charge < -0.3 is 9.97 Å². The molecule has 0 saturated carbocycles. The van der Waals surface area contributed by atoms with Gasteiger partial charge in [-0.3, -0.25) is 9.78 Å². The third-order valence-corrected chi connectivity index (χ3v) is 6.27. The monoisotopic (exact) mass is 436 g/mol. The molecular formula is C24H16N6OS. The summed E-state index contributed by atoms with van der Waals surface area (Å²) in [6.07, 6.45) is 6.94. The summed E-state index contributed by atoms with van der Waals surface area (Å²) < 4.78 is 0. The summed E-state index contributed by atoms with van der Waals surface area (Å²) >= 11 is 1.57. The predicted molar refractivity (Wildman–Crippen MR) is 127 cm³/mol. The topological polar surface area (TPSA) is 100 Å². The van der Waals surface area contributed by atoms with Crippen molar-refractivity contribution in [3.63, 3.8) is 0 Å². The van der Waals surface area contributed by atoms with Crippen LogP contribution in [0.1, 0.15) is 5.01 Å². The lowest BCUT2D eigenvalue weighted by molar-refractivity contribution is 1.21. The Hall–Kier alpha value is -4.17. The Kier molecular flexibility index (Phi) is 4.19. The third-order valence-electron chi connectivity index (χ3n) is 5.35. The minimum absolute atomic E-state index is 0.240. The lowest BCUT2D eigenvalue weighted by atomic mass is 9.99. The maximum Gasteiger partial charge on any atom is 0.260 e. The van der Waals surface area contributed by atoms with E-state index in [1.165, 1.54) is 0 Å². The Morgan fingerprint density at radius 2 is 1.84 bits per heavy atom. The molecule has 0 aliphatic carbocycles. The summed E-state index contributed by atoms with van der Waals surface area (Å²) in [6, 6.07) is 14.0. The van der Waals surface area contributed by atoms with Crippen LogP contribution in [0.2, 0.25) is 0 Å². The molecule has 0 aliphatic rings. The van der Waals surface area contributed by atoms with E-state index in [2.05, 4.69) is 43.1 Å². The van der Waals surface area contributed by atoms with E-state index >= 15 is 0 Å². The van der Waals surface area contributed by atoms with E-state index in [1.807, 2.05) is 37.4 Å². The summed E-state index contributed by atoms with van der Waals surface area (Å²) in [7, 11) is 0. The molecular weight excluding hydrogens is 420 g/mol. The molecule has 2 N–H and O–H groups in total. The molecule has 0 fully saturated rings. The Bertz CT molecular complexity index is 1670. The molecule has 7 nitrogen and oxygen atoms in total. The van der Waals surface area contributed by atoms with E-state index in [0.29, 0.717) is 17.0 Å². The number of H-pyrrole nitrogens is 2. The zero-order chi connectivity index (χ0) is 21.7. The number of imidazole rings is 1. The fourth-order valence-corrected chi connectivity index (χ4v) is 4.63. The van der Waals surface area contributed by atoms with Crippen molar-refractivity contribution in [2.75, 3.05) is 0 Å². The zero-order valence-corrected chi connectivity index (χ0v) is 17.8. The van der Waals surface area contributed by atoms with Crippen molar-refractivity contribution >= 4 is 33.3 Å². The number of benzene rings is 1. The number of aromatic amines is 2. The second-order valence-electron chi connectivity index (χ2n) is 7.43. The smallest absolute Gasteiger partial charge is 0.260 e. The van der Waals surface area contributed by atoms with Crippen LogP contribution in [0.15, 0.2) is 72.0 Å². The quantitative estimate of drug-likeness (QED) is 0.408. The van der Waals surface area contributed by atoms with Gasteiger partial charge in [0, 0.05) is 41.1 Å². The summed E-state index contributed by atoms with van der Waals surface area (Å²) in [6.45, 7) is 1.97. The molecule has 0 radical (unpaired) electrons. The Labute approximate surface area is 185 Å². The summed E-state index contributed by atoms with van der Waals surface area (Å²) in [4.78, 5) is 37.5. The van der Waals surface area contributed by atoms with E-state index < -0.39 is 0 Å². The molecule has 32 heavy (non-hydrogen) atoms. The van der Waals surface area contributed by atoms with Gasteiger partial charge in [0.1, 0.15) is 11.5 Å². The largest absolute Gasteiger partial charge is 0.344 e. The molecule has 6 rings (SSSR count). The standard InChI is InChI=1S/C24H16N6OS/c1-13-28-12-20(32-13)21-17(14-4-5-19-15(9-14)3-2-6-25-19)10-16-11-18(23-26-7-8-27-23)24(31)30-22(16)29-21/h2-12H,1H3,(H,26,27)(H,29,30,31). The molecule has 0 saturated heterocycles. The van der Waals surface area contributed by atoms with Gasteiger partial charge in [-0.2, -0.15) is 0 Å². The number of thiazole rings is 1. The van der Waals surface area contributed by atoms with Crippen LogP contribution in [0.3, 0.4) is 0 Å². The van der Waals surface area contributed by atoms with Gasteiger partial charge in [0.05, 0.1) is 26.7 Å². The van der Waals surface area contributed by atoms with Crippen LogP contribution in [-0.2, 0) is 0 Å². The van der Waals surface area contributed by atoms with E-state index in [9.17, 15) is 4.79 Å². The van der Waals surface area contributed by atoms with Crippen molar-refractivity contribution in [1.82, 2.24) is 29.9 Å². The van der Waals surface area contributed by atoms with Gasteiger partial charge in [-0.15, -0.1) is 11.3 Å². The first-order valence-electron chi connectivity index (χ1n) is 10.0. The Balaban J connectivity index is 1.64. The number of nitrogens with one attached hydrogen (secondary N) is 2. The fourth-order valence-electron chi connectivity index (χ4n) is 3.85. The highest BCUT2D eigenvalue weighted by Gasteiger charge is 2.16. The molecule has 5 heterocycles. The summed E-state index contributed by atoms with van der Waals surface area (Å²) in [5.74, 6) is 0.522. The Morgan fingerprint density at radius 3 is 2.66 bits per heavy atom. The van der Waals surface area contributed by atoms with Gasteiger partial charge in [0.15, 0.2) is 0 Å². The minimum atomic E-state index is -0.240. The highest BCUT2D eigenvalue weighted by atomic mass is 32.1. The molecule has 0 aliphatic heterocycles. The first-order chi connectivity index (χ1) is 15.7. The van der Waals surface area contributed by atoms with Crippen molar-refractivity contribution in [3.8, 4) is 33.1 Å². The van der Waals surface area contributed by atoms with Crippen molar-refractivity contribution in [1.29, 1.82) is 0 Å². The number of aromatic nitrogens is 6. The molecule has 0 bridgehead atoms. The van der Waals surface area contributed by atoms with Crippen LogP contribution >= 0.6 is 11.3 Å². The zero-order valence-electron chi connectivity index (χ0n) is 17.0. The molecule has 8 heteroatoms. The molecule has 154 valence electrons. The number of hydrogen-bond donors (Lipinski definition) is 2. The van der Waals surface area contributed by atoms with Gasteiger partial charge in [0.2, 0.25) is 0 Å². The molecule has 0 amide bonds. The highest BCUT2D eigenvalue weighted by molar-refractivity contribution is 7.15. The molecule has 1 aromatic carbocycles. The van der Waals surface area contributed by atoms with E-state index in [4.69, 9.17) is 4.98 Å². The number of aryl methyl sites for hydroxylation is 1. The van der Waals surface area contributed by atoms with Crippen LogP contribution in [0.25, 0.3) is 55.0 Å². The third kappa shape index (κ3) is 3.09. The number of rotatable bonds is 3. The maximum absolute atomic E-state index is 12.7. The summed E-state index contributed by atoms with van der Waals surface area (Å²) in [5.41, 5.74) is 4.46. The summed E-state index contributed by atoms with van der Waals surface area (Å²) in [5, 5.41) is 2.83. The van der Waals surface area contributed by atoms with E-state index in [-0.39, 0.29) is 5.56 Å². The van der Waals surface area contributed by atoms with Crippen molar-refractivity contribution < 1.29 is 0 Å². The highest BCUT2D eigenvalue weighted by Crippen LogP contribution is 2.36. The van der Waals surface area contributed by atoms with Crippen LogP contribution < -0.4 is 5.56 Å². The molecule has 5 aromatic heterocycles. The fraction of sp³-hybridized carbons (Fsp3) is 0.0417. The Morgan fingerprint density at radius 1 is 0.938 bits per heavy atom. The molecule has 0 unspecified atom stereocenters. The van der Waals surface area contributed by atoms with Crippen molar-refractivity contribution in [2.45, 2.75) is 6.92 Å². The first-order valence-corrected chi connectivity index (χ1v) is 10.8. The average Bonchev–Trinajstić information content (AvgIpc) is 3.49. The van der Waals surface area contributed by atoms with Crippen molar-refractivity contribution in [2.24, 2.45) is 0 Å². The van der Waals surface area contributed by atoms with Crippen LogP contribution in [0, 0.1) is 6.92 Å². The minimum Gasteiger partial charge on any atom is -0.344 e. The predicted octanol–water partition coefficient (Wildman–Crippen LogP) is 4.96. The van der Waals surface area contributed by atoms with Crippen LogP contribution in [0.4, 0.5) is 0 Å².